The predicted octanol–water partition coefficient (Wildman–Crippen LogP) is 13.8. The number of benzene rings is 6. The number of hydrogen-bond donors (Lipinski definition) is 0. The molecule has 0 N–H and O–H groups in total. The number of carbonyl (C=O) groups excluding carboxylic acids is 2. The smallest absolute Gasteiger partial charge is 0.338 e. The average molecular weight is 984 g/mol. The van der Waals surface area contributed by atoms with E-state index in [1.165, 1.54) is 33.4 Å². The zero-order valence-electron chi connectivity index (χ0n) is 41.8. The molecule has 0 fully saturated rings. The maximum Gasteiger partial charge on any atom is 0.338 e. The van der Waals surface area contributed by atoms with E-state index in [-0.39, 0.29) is 36.8 Å². The van der Waals surface area contributed by atoms with Crippen molar-refractivity contribution in [2.24, 2.45) is 11.8 Å². The second-order valence-electron chi connectivity index (χ2n) is 18.1. The molecule has 0 heterocycles. The summed E-state index contributed by atoms with van der Waals surface area (Å²) >= 11 is 0. The SMILES string of the molecule is CCOC(=O)c1cc(/C=C2/C=C(c3cccc(OC)c3)C(CN(C)C)CC2)cc2ccccc12.CCOC(=O)c1cc(/C=C2\C=C(c3cccc(OC)c3)C(CN(C)C)CC2)cc2ccccc12.Cl.Cl. The Labute approximate surface area is 427 Å². The molecule has 0 amide bonds. The molecule has 2 unspecified atom stereocenters. The highest BCUT2D eigenvalue weighted by Gasteiger charge is 2.24. The minimum absolute atomic E-state index is 0. The number of rotatable bonds is 14. The van der Waals surface area contributed by atoms with Crippen LogP contribution in [0.2, 0.25) is 0 Å². The molecule has 8 nitrogen and oxygen atoms in total. The molecule has 10 heteroatoms. The van der Waals surface area contributed by atoms with Gasteiger partial charge < -0.3 is 28.7 Å². The predicted molar refractivity (Wildman–Crippen MR) is 295 cm³/mol. The van der Waals surface area contributed by atoms with Crippen molar-refractivity contribution in [3.05, 3.63) is 178 Å². The van der Waals surface area contributed by atoms with Gasteiger partial charge in [0, 0.05) is 13.1 Å². The maximum absolute atomic E-state index is 12.7. The number of ether oxygens (including phenoxy) is 4. The van der Waals surface area contributed by atoms with Crippen LogP contribution in [0.25, 0.3) is 44.8 Å². The lowest BCUT2D eigenvalue weighted by Crippen LogP contribution is -2.24. The Bertz CT molecular complexity index is 2690. The quantitative estimate of drug-likeness (QED) is 0.0999. The lowest BCUT2D eigenvalue weighted by Gasteiger charge is -2.29. The number of carbonyl (C=O) groups is 2. The Balaban J connectivity index is 0.000000254. The molecule has 0 saturated carbocycles. The van der Waals surface area contributed by atoms with Gasteiger partial charge in [-0.25, -0.2) is 9.59 Å². The molecular formula is C60H68Cl2N2O6. The van der Waals surface area contributed by atoms with E-state index >= 15 is 0 Å². The van der Waals surface area contributed by atoms with E-state index in [1.807, 2.05) is 86.6 Å². The third-order valence-electron chi connectivity index (χ3n) is 12.6. The summed E-state index contributed by atoms with van der Waals surface area (Å²) in [6.45, 7) is 6.39. The van der Waals surface area contributed by atoms with Crippen molar-refractivity contribution in [1.29, 1.82) is 0 Å². The Morgan fingerprint density at radius 2 is 0.943 bits per heavy atom. The van der Waals surface area contributed by atoms with Gasteiger partial charge in [0.25, 0.3) is 0 Å². The van der Waals surface area contributed by atoms with Crippen LogP contribution in [0.4, 0.5) is 0 Å². The number of hydrogen-bond acceptors (Lipinski definition) is 8. The van der Waals surface area contributed by atoms with Crippen LogP contribution in [0.3, 0.4) is 0 Å². The minimum atomic E-state index is -0.277. The van der Waals surface area contributed by atoms with Crippen molar-refractivity contribution in [1.82, 2.24) is 9.80 Å². The van der Waals surface area contributed by atoms with Crippen molar-refractivity contribution in [3.8, 4) is 11.5 Å². The van der Waals surface area contributed by atoms with Crippen molar-refractivity contribution in [2.45, 2.75) is 39.5 Å². The summed E-state index contributed by atoms with van der Waals surface area (Å²) < 4.78 is 21.7. The first-order valence-corrected chi connectivity index (χ1v) is 23.8. The lowest BCUT2D eigenvalue weighted by atomic mass is 9.81. The Hall–Kier alpha value is -6.16. The van der Waals surface area contributed by atoms with E-state index in [9.17, 15) is 9.59 Å². The van der Waals surface area contributed by atoms with Crippen LogP contribution in [-0.2, 0) is 9.47 Å². The highest BCUT2D eigenvalue weighted by atomic mass is 35.5. The summed E-state index contributed by atoms with van der Waals surface area (Å²) in [6, 6.07) is 40.8. The van der Waals surface area contributed by atoms with E-state index < -0.39 is 0 Å². The van der Waals surface area contributed by atoms with E-state index in [2.05, 4.69) is 111 Å². The zero-order chi connectivity index (χ0) is 48.2. The fraction of sp³-hybridized carbons (Fsp3) is 0.300. The Morgan fingerprint density at radius 1 is 0.543 bits per heavy atom. The molecule has 0 radical (unpaired) electrons. The molecular weight excluding hydrogens is 916 g/mol. The van der Waals surface area contributed by atoms with Crippen molar-refractivity contribution >= 4 is 81.6 Å². The van der Waals surface area contributed by atoms with E-state index in [0.29, 0.717) is 36.2 Å². The van der Waals surface area contributed by atoms with Gasteiger partial charge in [0.1, 0.15) is 11.5 Å². The molecule has 368 valence electrons. The standard InChI is InChI=1S/2C30H33NO3.2ClH/c2*1-5-34-30(32)29-18-22(16-23-9-6-7-12-27(23)29)15-21-13-14-25(20-31(2)3)28(17-21)24-10-8-11-26(19-24)33-4;;/h2*6-12,15-19,25H,5,13-14,20H2,1-4H3;2*1H/b21-15+;21-15-;;. The van der Waals surface area contributed by atoms with E-state index in [1.54, 1.807) is 14.2 Å². The van der Waals surface area contributed by atoms with Gasteiger partial charge in [0.15, 0.2) is 0 Å². The highest BCUT2D eigenvalue weighted by Crippen LogP contribution is 2.39. The second-order valence-corrected chi connectivity index (χ2v) is 18.1. The van der Waals surface area contributed by atoms with Crippen LogP contribution in [0, 0.1) is 11.8 Å². The van der Waals surface area contributed by atoms with E-state index in [0.717, 1.165) is 82.9 Å². The third-order valence-corrected chi connectivity index (χ3v) is 12.6. The first-order chi connectivity index (χ1) is 33.0. The first-order valence-electron chi connectivity index (χ1n) is 23.8. The molecule has 0 aromatic heterocycles. The first kappa shape index (κ1) is 54.8. The van der Waals surface area contributed by atoms with Gasteiger partial charge >= 0.3 is 11.9 Å². The summed E-state index contributed by atoms with van der Waals surface area (Å²) in [5.41, 5.74) is 10.8. The molecule has 2 atom stereocenters. The van der Waals surface area contributed by atoms with Crippen LogP contribution in [0.5, 0.6) is 11.5 Å². The summed E-state index contributed by atoms with van der Waals surface area (Å²) in [4.78, 5) is 29.9. The molecule has 6 aromatic carbocycles. The summed E-state index contributed by atoms with van der Waals surface area (Å²) in [6.07, 6.45) is 13.2. The summed E-state index contributed by atoms with van der Waals surface area (Å²) in [5, 5.41) is 3.92. The molecule has 8 rings (SSSR count). The molecule has 2 aliphatic carbocycles. The third kappa shape index (κ3) is 14.0. The molecule has 2 aliphatic rings. The van der Waals surface area contributed by atoms with Gasteiger partial charge in [0.05, 0.1) is 38.6 Å². The van der Waals surface area contributed by atoms with Gasteiger partial charge in [-0.3, -0.25) is 0 Å². The van der Waals surface area contributed by atoms with Crippen molar-refractivity contribution in [2.75, 3.05) is 68.7 Å². The number of esters is 2. The van der Waals surface area contributed by atoms with Crippen LogP contribution in [-0.4, -0.2) is 90.5 Å². The number of allylic oxidation sites excluding steroid dienone is 4. The molecule has 6 aromatic rings. The normalized spacial score (nSPS) is 16.7. The van der Waals surface area contributed by atoms with Gasteiger partial charge in [-0.2, -0.15) is 0 Å². The number of halogens is 2. The monoisotopic (exact) mass is 982 g/mol. The van der Waals surface area contributed by atoms with Crippen molar-refractivity contribution < 1.29 is 28.5 Å². The second kappa shape index (κ2) is 26.2. The largest absolute Gasteiger partial charge is 0.497 e. The molecule has 0 aliphatic heterocycles. The number of methoxy groups -OCH3 is 2. The van der Waals surface area contributed by atoms with E-state index in [4.69, 9.17) is 18.9 Å². The number of fused-ring (bicyclic) bond motifs is 2. The molecule has 0 saturated heterocycles. The van der Waals surface area contributed by atoms with Crippen LogP contribution in [0.1, 0.15) is 82.5 Å². The molecule has 0 spiro atoms. The fourth-order valence-electron chi connectivity index (χ4n) is 9.52. The van der Waals surface area contributed by atoms with Crippen LogP contribution < -0.4 is 9.47 Å². The minimum Gasteiger partial charge on any atom is -0.497 e. The molecule has 70 heavy (non-hydrogen) atoms. The van der Waals surface area contributed by atoms with Crippen molar-refractivity contribution in [3.63, 3.8) is 0 Å². The van der Waals surface area contributed by atoms with Gasteiger partial charge in [-0.05, 0) is 194 Å². The average Bonchev–Trinajstić information content (AvgIpc) is 3.34. The number of nitrogens with zero attached hydrogens (tertiary/aromatic N) is 2. The molecule has 0 bridgehead atoms. The maximum atomic E-state index is 12.7. The fourth-order valence-corrected chi connectivity index (χ4v) is 9.52. The van der Waals surface area contributed by atoms with Gasteiger partial charge in [-0.1, -0.05) is 97.1 Å². The Morgan fingerprint density at radius 3 is 1.31 bits per heavy atom. The topological polar surface area (TPSA) is 77.5 Å². The Kier molecular flexibility index (Phi) is 20.5. The summed E-state index contributed by atoms with van der Waals surface area (Å²) in [7, 11) is 11.9. The van der Waals surface area contributed by atoms with Crippen LogP contribution in [0.15, 0.2) is 145 Å². The summed E-state index contributed by atoms with van der Waals surface area (Å²) in [5.74, 6) is 2.08. The van der Waals surface area contributed by atoms with Crippen LogP contribution >= 0.6 is 24.8 Å². The zero-order valence-corrected chi connectivity index (χ0v) is 43.5. The highest BCUT2D eigenvalue weighted by molar-refractivity contribution is 6.06. The van der Waals surface area contributed by atoms with Gasteiger partial charge in [0.2, 0.25) is 0 Å². The van der Waals surface area contributed by atoms with Gasteiger partial charge in [-0.15, -0.1) is 24.8 Å². The lowest BCUT2D eigenvalue weighted by molar-refractivity contribution is 0.0519.